The van der Waals surface area contributed by atoms with Gasteiger partial charge in [-0.2, -0.15) is 13.2 Å². The summed E-state index contributed by atoms with van der Waals surface area (Å²) in [4.78, 5) is 0. The fraction of sp³-hybridized carbons (Fsp3) is 0.500. The molecule has 166 valence electrons. The van der Waals surface area contributed by atoms with Crippen LogP contribution in [0.4, 0.5) is 13.2 Å². The van der Waals surface area contributed by atoms with Crippen LogP contribution in [0.1, 0.15) is 63.8 Å². The first-order chi connectivity index (χ1) is 14.3. The Morgan fingerprint density at radius 3 is 2.13 bits per heavy atom. The Morgan fingerprint density at radius 2 is 1.55 bits per heavy atom. The zero-order valence-corrected chi connectivity index (χ0v) is 18.5. The van der Waals surface area contributed by atoms with Gasteiger partial charge in [-0.05, 0) is 69.1 Å². The van der Waals surface area contributed by atoms with E-state index in [1.54, 1.807) is 6.07 Å². The standard InChI is InChI=1S/C24H28BF3O3/c1-21(2)22(3,4)31-25(30-21)15-23(5)14-20(16-9-7-6-8-10-16)29-19-13-17(24(26,27)28)11-12-18(19)23/h6-13,20H,14-15H2,1-5H3/t20-,23-/m1/s1. The SMILES string of the molecule is CC1(C)OB(C[C@@]2(C)C[C@H](c3ccccc3)Oc3cc(C(F)(F)F)ccc32)OC1(C)C. The Balaban J connectivity index is 1.72. The van der Waals surface area contributed by atoms with Gasteiger partial charge in [0.1, 0.15) is 11.9 Å². The van der Waals surface area contributed by atoms with Crippen LogP contribution in [0, 0.1) is 0 Å². The van der Waals surface area contributed by atoms with Crippen molar-refractivity contribution in [2.45, 2.75) is 76.3 Å². The largest absolute Gasteiger partial charge is 0.485 e. The summed E-state index contributed by atoms with van der Waals surface area (Å²) >= 11 is 0. The molecule has 0 amide bonds. The predicted octanol–water partition coefficient (Wildman–Crippen LogP) is 6.58. The summed E-state index contributed by atoms with van der Waals surface area (Å²) in [6, 6.07) is 13.4. The van der Waals surface area contributed by atoms with Crippen LogP contribution in [0.5, 0.6) is 5.75 Å². The molecule has 4 rings (SSSR count). The summed E-state index contributed by atoms with van der Waals surface area (Å²) in [6.45, 7) is 10.0. The summed E-state index contributed by atoms with van der Waals surface area (Å²) in [7, 11) is -0.459. The second-order valence-electron chi connectivity index (χ2n) is 9.88. The maximum atomic E-state index is 13.4. The zero-order valence-electron chi connectivity index (χ0n) is 18.5. The minimum absolute atomic E-state index is 0.272. The third kappa shape index (κ3) is 4.10. The van der Waals surface area contributed by atoms with Crippen molar-refractivity contribution in [1.29, 1.82) is 0 Å². The van der Waals surface area contributed by atoms with Crippen LogP contribution >= 0.6 is 0 Å². The van der Waals surface area contributed by atoms with E-state index in [9.17, 15) is 13.2 Å². The fourth-order valence-corrected chi connectivity index (χ4v) is 4.47. The molecule has 0 unspecified atom stereocenters. The van der Waals surface area contributed by atoms with Crippen LogP contribution in [0.2, 0.25) is 6.32 Å². The van der Waals surface area contributed by atoms with Crippen molar-refractivity contribution in [2.24, 2.45) is 0 Å². The average molecular weight is 432 g/mol. The molecular weight excluding hydrogens is 404 g/mol. The molecule has 2 atom stereocenters. The quantitative estimate of drug-likeness (QED) is 0.513. The molecule has 1 fully saturated rings. The third-order valence-electron chi connectivity index (χ3n) is 6.95. The number of ether oxygens (including phenoxy) is 1. The van der Waals surface area contributed by atoms with Gasteiger partial charge in [0.05, 0.1) is 16.8 Å². The van der Waals surface area contributed by atoms with Crippen molar-refractivity contribution < 1.29 is 27.2 Å². The molecule has 0 bridgehead atoms. The molecule has 0 aromatic heterocycles. The molecule has 0 N–H and O–H groups in total. The maximum absolute atomic E-state index is 13.4. The number of rotatable bonds is 3. The first kappa shape index (κ1) is 22.2. The number of hydrogen-bond acceptors (Lipinski definition) is 3. The van der Waals surface area contributed by atoms with Gasteiger partial charge in [0.25, 0.3) is 0 Å². The molecule has 2 aliphatic rings. The van der Waals surface area contributed by atoms with Crippen molar-refractivity contribution in [1.82, 2.24) is 0 Å². The summed E-state index contributed by atoms with van der Waals surface area (Å²) in [6.07, 6.45) is -3.66. The van der Waals surface area contributed by atoms with Crippen LogP contribution in [0.3, 0.4) is 0 Å². The molecule has 0 saturated carbocycles. The highest BCUT2D eigenvalue weighted by molar-refractivity contribution is 6.46. The van der Waals surface area contributed by atoms with Gasteiger partial charge in [-0.3, -0.25) is 0 Å². The smallest absolute Gasteiger partial charge is 0.458 e. The molecule has 0 aliphatic carbocycles. The average Bonchev–Trinajstić information content (AvgIpc) is 2.86. The lowest BCUT2D eigenvalue weighted by molar-refractivity contribution is -0.137. The number of benzene rings is 2. The Labute approximate surface area is 182 Å². The Bertz CT molecular complexity index is 942. The summed E-state index contributed by atoms with van der Waals surface area (Å²) in [5.41, 5.74) is -0.451. The van der Waals surface area contributed by atoms with Crippen molar-refractivity contribution in [3.05, 3.63) is 65.2 Å². The molecule has 2 aromatic carbocycles. The second-order valence-corrected chi connectivity index (χ2v) is 9.88. The van der Waals surface area contributed by atoms with Gasteiger partial charge in [0.2, 0.25) is 0 Å². The maximum Gasteiger partial charge on any atom is 0.458 e. The van der Waals surface area contributed by atoms with E-state index >= 15 is 0 Å². The van der Waals surface area contributed by atoms with Gasteiger partial charge >= 0.3 is 13.3 Å². The topological polar surface area (TPSA) is 27.7 Å². The molecule has 2 aliphatic heterocycles. The summed E-state index contributed by atoms with van der Waals surface area (Å²) in [5.74, 6) is 0.272. The van der Waals surface area contributed by atoms with Gasteiger partial charge in [-0.15, -0.1) is 0 Å². The van der Waals surface area contributed by atoms with Crippen LogP contribution in [-0.4, -0.2) is 18.3 Å². The highest BCUT2D eigenvalue weighted by Gasteiger charge is 2.54. The number of fused-ring (bicyclic) bond motifs is 1. The van der Waals surface area contributed by atoms with E-state index in [-0.39, 0.29) is 11.9 Å². The van der Waals surface area contributed by atoms with Gasteiger partial charge in [-0.1, -0.05) is 43.3 Å². The van der Waals surface area contributed by atoms with Crippen LogP contribution < -0.4 is 4.74 Å². The van der Waals surface area contributed by atoms with E-state index in [0.717, 1.165) is 23.3 Å². The molecule has 1 saturated heterocycles. The lowest BCUT2D eigenvalue weighted by atomic mass is 9.62. The van der Waals surface area contributed by atoms with Crippen molar-refractivity contribution in [3.63, 3.8) is 0 Å². The Morgan fingerprint density at radius 1 is 0.935 bits per heavy atom. The normalized spacial score (nSPS) is 27.0. The number of hydrogen-bond donors (Lipinski definition) is 0. The second kappa shape index (κ2) is 7.27. The van der Waals surface area contributed by atoms with Gasteiger partial charge in [-0.25, -0.2) is 0 Å². The molecule has 31 heavy (non-hydrogen) atoms. The Hall–Kier alpha value is -1.99. The predicted molar refractivity (Wildman–Crippen MR) is 114 cm³/mol. The lowest BCUT2D eigenvalue weighted by Crippen LogP contribution is -2.41. The monoisotopic (exact) mass is 432 g/mol. The van der Waals surface area contributed by atoms with E-state index in [0.29, 0.717) is 12.7 Å². The van der Waals surface area contributed by atoms with E-state index in [1.807, 2.05) is 58.0 Å². The first-order valence-corrected chi connectivity index (χ1v) is 10.6. The number of alkyl halides is 3. The van der Waals surface area contributed by atoms with Gasteiger partial charge in [0.15, 0.2) is 0 Å². The van der Waals surface area contributed by atoms with Gasteiger partial charge in [0, 0.05) is 0 Å². The van der Waals surface area contributed by atoms with Gasteiger partial charge < -0.3 is 14.0 Å². The molecule has 2 aromatic rings. The molecule has 2 heterocycles. The Kier molecular flexibility index (Phi) is 5.21. The minimum atomic E-state index is -4.43. The van der Waals surface area contributed by atoms with Crippen LogP contribution in [0.25, 0.3) is 0 Å². The van der Waals surface area contributed by atoms with Crippen molar-refractivity contribution in [3.8, 4) is 5.75 Å². The van der Waals surface area contributed by atoms with E-state index in [2.05, 4.69) is 6.92 Å². The van der Waals surface area contributed by atoms with E-state index in [1.165, 1.54) is 0 Å². The van der Waals surface area contributed by atoms with Crippen molar-refractivity contribution >= 4 is 7.12 Å². The van der Waals surface area contributed by atoms with E-state index in [4.69, 9.17) is 14.0 Å². The van der Waals surface area contributed by atoms with Crippen molar-refractivity contribution in [2.75, 3.05) is 0 Å². The molecule has 3 nitrogen and oxygen atoms in total. The fourth-order valence-electron chi connectivity index (χ4n) is 4.47. The van der Waals surface area contributed by atoms with Crippen LogP contribution in [0.15, 0.2) is 48.5 Å². The molecule has 7 heteroatoms. The molecular formula is C24H28BF3O3. The first-order valence-electron chi connectivity index (χ1n) is 10.6. The minimum Gasteiger partial charge on any atom is -0.485 e. The zero-order chi connectivity index (χ0) is 22.7. The highest BCUT2D eigenvalue weighted by atomic mass is 19.4. The molecule has 0 spiro atoms. The number of halogens is 3. The summed E-state index contributed by atoms with van der Waals surface area (Å²) < 4.78 is 58.7. The molecule has 0 radical (unpaired) electrons. The van der Waals surface area contributed by atoms with Crippen LogP contribution in [-0.2, 0) is 20.9 Å². The lowest BCUT2D eigenvalue weighted by Gasteiger charge is -2.41. The third-order valence-corrected chi connectivity index (χ3v) is 6.95. The summed E-state index contributed by atoms with van der Waals surface area (Å²) in [5, 5.41) is 0. The highest BCUT2D eigenvalue weighted by Crippen LogP contribution is 2.51. The van der Waals surface area contributed by atoms with E-state index < -0.39 is 35.5 Å².